The molecule has 0 atom stereocenters. The molecule has 1 N–H and O–H groups in total. The first kappa shape index (κ1) is 13.9. The van der Waals surface area contributed by atoms with Crippen molar-refractivity contribution in [3.05, 3.63) is 60.2 Å². The monoisotopic (exact) mass is 271 g/mol. The molecule has 1 amide bonds. The van der Waals surface area contributed by atoms with Crippen molar-refractivity contribution in [1.82, 2.24) is 5.32 Å². The predicted molar refractivity (Wildman–Crippen MR) is 77.2 cm³/mol. The van der Waals surface area contributed by atoms with Crippen LogP contribution >= 0.6 is 0 Å². The van der Waals surface area contributed by atoms with Gasteiger partial charge in [0.15, 0.2) is 0 Å². The Morgan fingerprint density at radius 2 is 1.70 bits per heavy atom. The van der Waals surface area contributed by atoms with Crippen LogP contribution in [0, 0.1) is 0 Å². The zero-order valence-corrected chi connectivity index (χ0v) is 11.3. The lowest BCUT2D eigenvalue weighted by Gasteiger charge is -2.07. The quantitative estimate of drug-likeness (QED) is 0.909. The summed E-state index contributed by atoms with van der Waals surface area (Å²) in [4.78, 5) is 11.5. The van der Waals surface area contributed by atoms with E-state index in [4.69, 9.17) is 9.47 Å². The smallest absolute Gasteiger partial charge is 0.412 e. The van der Waals surface area contributed by atoms with Gasteiger partial charge in [-0.1, -0.05) is 30.3 Å². The number of methoxy groups -OCH3 is 1. The molecule has 4 heteroatoms. The standard InChI is InChI=1S/C16H17NO3/c1-19-14-9-7-13(8-10-14)11-12-17-16(18)20-15-5-3-2-4-6-15/h2-10H,11-12H2,1H3,(H,17,18). The SMILES string of the molecule is COc1ccc(CCNC(=O)Oc2ccccc2)cc1. The molecule has 104 valence electrons. The fraction of sp³-hybridized carbons (Fsp3) is 0.188. The Balaban J connectivity index is 1.73. The van der Waals surface area contributed by atoms with Gasteiger partial charge in [-0.3, -0.25) is 0 Å². The van der Waals surface area contributed by atoms with Crippen LogP contribution in [0.5, 0.6) is 11.5 Å². The molecule has 0 saturated heterocycles. The third-order valence-corrected chi connectivity index (χ3v) is 2.80. The molecular weight excluding hydrogens is 254 g/mol. The van der Waals surface area contributed by atoms with E-state index in [0.29, 0.717) is 12.3 Å². The largest absolute Gasteiger partial charge is 0.497 e. The molecule has 0 bridgehead atoms. The molecule has 0 aromatic heterocycles. The maximum atomic E-state index is 11.5. The van der Waals surface area contributed by atoms with E-state index in [1.807, 2.05) is 42.5 Å². The molecular formula is C16H17NO3. The maximum absolute atomic E-state index is 11.5. The van der Waals surface area contributed by atoms with Crippen molar-refractivity contribution >= 4 is 6.09 Å². The van der Waals surface area contributed by atoms with Gasteiger partial charge in [0.1, 0.15) is 11.5 Å². The zero-order valence-electron chi connectivity index (χ0n) is 11.3. The molecule has 0 saturated carbocycles. The highest BCUT2D eigenvalue weighted by Gasteiger charge is 2.03. The van der Waals surface area contributed by atoms with Gasteiger partial charge in [-0.2, -0.15) is 0 Å². The van der Waals surface area contributed by atoms with Crippen LogP contribution in [0.4, 0.5) is 4.79 Å². The van der Waals surface area contributed by atoms with E-state index in [9.17, 15) is 4.79 Å². The Morgan fingerprint density at radius 1 is 1.00 bits per heavy atom. The summed E-state index contributed by atoms with van der Waals surface area (Å²) in [6.45, 7) is 0.526. The molecule has 2 aromatic rings. The van der Waals surface area contributed by atoms with Crippen molar-refractivity contribution in [2.75, 3.05) is 13.7 Å². The Bertz CT molecular complexity index is 537. The summed E-state index contributed by atoms with van der Waals surface area (Å²) in [6, 6.07) is 16.7. The third-order valence-electron chi connectivity index (χ3n) is 2.80. The van der Waals surface area contributed by atoms with E-state index in [1.54, 1.807) is 19.2 Å². The summed E-state index contributed by atoms with van der Waals surface area (Å²) in [7, 11) is 1.64. The topological polar surface area (TPSA) is 47.6 Å². The van der Waals surface area contributed by atoms with E-state index in [1.165, 1.54) is 0 Å². The number of carbonyl (C=O) groups excluding carboxylic acids is 1. The van der Waals surface area contributed by atoms with Gasteiger partial charge in [-0.25, -0.2) is 4.79 Å². The lowest BCUT2D eigenvalue weighted by molar-refractivity contribution is 0.200. The fourth-order valence-corrected chi connectivity index (χ4v) is 1.73. The molecule has 0 heterocycles. The van der Waals surface area contributed by atoms with Crippen LogP contribution in [0.15, 0.2) is 54.6 Å². The van der Waals surface area contributed by atoms with E-state index < -0.39 is 6.09 Å². The molecule has 4 nitrogen and oxygen atoms in total. The normalized spacial score (nSPS) is 9.85. The van der Waals surface area contributed by atoms with Crippen molar-refractivity contribution in [3.63, 3.8) is 0 Å². The number of carbonyl (C=O) groups is 1. The van der Waals surface area contributed by atoms with Crippen molar-refractivity contribution in [3.8, 4) is 11.5 Å². The van der Waals surface area contributed by atoms with Gasteiger partial charge < -0.3 is 14.8 Å². The number of rotatable bonds is 5. The van der Waals surface area contributed by atoms with E-state index in [2.05, 4.69) is 5.32 Å². The number of ether oxygens (including phenoxy) is 2. The Hall–Kier alpha value is -2.49. The van der Waals surface area contributed by atoms with Gasteiger partial charge in [0.25, 0.3) is 0 Å². The lowest BCUT2D eigenvalue weighted by atomic mass is 10.1. The highest BCUT2D eigenvalue weighted by atomic mass is 16.6. The van der Waals surface area contributed by atoms with Crippen molar-refractivity contribution < 1.29 is 14.3 Å². The van der Waals surface area contributed by atoms with Gasteiger partial charge in [-0.15, -0.1) is 0 Å². The maximum Gasteiger partial charge on any atom is 0.412 e. The van der Waals surface area contributed by atoms with Gasteiger partial charge in [0, 0.05) is 6.54 Å². The third kappa shape index (κ3) is 4.31. The van der Waals surface area contributed by atoms with Crippen LogP contribution in [0.3, 0.4) is 0 Å². The average Bonchev–Trinajstić information content (AvgIpc) is 2.49. The van der Waals surface area contributed by atoms with Crippen molar-refractivity contribution in [1.29, 1.82) is 0 Å². The predicted octanol–water partition coefficient (Wildman–Crippen LogP) is 3.03. The number of amides is 1. The Morgan fingerprint density at radius 3 is 2.35 bits per heavy atom. The Labute approximate surface area is 118 Å². The molecule has 2 aromatic carbocycles. The molecule has 20 heavy (non-hydrogen) atoms. The molecule has 0 aliphatic heterocycles. The highest BCUT2D eigenvalue weighted by molar-refractivity contribution is 5.70. The van der Waals surface area contributed by atoms with Gasteiger partial charge in [-0.05, 0) is 36.2 Å². The molecule has 0 aliphatic carbocycles. The van der Waals surface area contributed by atoms with E-state index >= 15 is 0 Å². The van der Waals surface area contributed by atoms with Crippen molar-refractivity contribution in [2.24, 2.45) is 0 Å². The second-order valence-electron chi connectivity index (χ2n) is 4.23. The van der Waals surface area contributed by atoms with Gasteiger partial charge >= 0.3 is 6.09 Å². The molecule has 2 rings (SSSR count). The number of hydrogen-bond donors (Lipinski definition) is 1. The minimum Gasteiger partial charge on any atom is -0.497 e. The van der Waals surface area contributed by atoms with Crippen LogP contribution in [0.1, 0.15) is 5.56 Å². The van der Waals surface area contributed by atoms with Crippen LogP contribution in [-0.2, 0) is 6.42 Å². The minimum atomic E-state index is -0.440. The molecule has 0 unspecified atom stereocenters. The van der Waals surface area contributed by atoms with E-state index in [-0.39, 0.29) is 0 Å². The number of nitrogens with one attached hydrogen (secondary N) is 1. The number of benzene rings is 2. The average molecular weight is 271 g/mol. The van der Waals surface area contributed by atoms with Gasteiger partial charge in [0.2, 0.25) is 0 Å². The fourth-order valence-electron chi connectivity index (χ4n) is 1.73. The molecule has 0 radical (unpaired) electrons. The highest BCUT2D eigenvalue weighted by Crippen LogP contribution is 2.11. The second kappa shape index (κ2) is 7.19. The molecule has 0 spiro atoms. The summed E-state index contributed by atoms with van der Waals surface area (Å²) in [6.07, 6.45) is 0.304. The first-order valence-electron chi connectivity index (χ1n) is 6.41. The molecule has 0 aliphatic rings. The summed E-state index contributed by atoms with van der Waals surface area (Å²) in [5.74, 6) is 1.36. The van der Waals surface area contributed by atoms with Crippen LogP contribution < -0.4 is 14.8 Å². The second-order valence-corrected chi connectivity index (χ2v) is 4.23. The number of hydrogen-bond acceptors (Lipinski definition) is 3. The molecule has 0 fully saturated rings. The Kier molecular flexibility index (Phi) is 5.00. The first-order chi connectivity index (χ1) is 9.78. The van der Waals surface area contributed by atoms with Crippen LogP contribution in [0.2, 0.25) is 0 Å². The number of para-hydroxylation sites is 1. The van der Waals surface area contributed by atoms with Crippen LogP contribution in [-0.4, -0.2) is 19.7 Å². The zero-order chi connectivity index (χ0) is 14.2. The van der Waals surface area contributed by atoms with Crippen LogP contribution in [0.25, 0.3) is 0 Å². The minimum absolute atomic E-state index is 0.440. The van der Waals surface area contributed by atoms with Crippen molar-refractivity contribution in [2.45, 2.75) is 6.42 Å². The van der Waals surface area contributed by atoms with E-state index in [0.717, 1.165) is 17.7 Å². The summed E-state index contributed by atoms with van der Waals surface area (Å²) in [5, 5.41) is 2.72. The first-order valence-corrected chi connectivity index (χ1v) is 6.41. The van der Waals surface area contributed by atoms with Gasteiger partial charge in [0.05, 0.1) is 7.11 Å². The lowest BCUT2D eigenvalue weighted by Crippen LogP contribution is -2.28. The summed E-state index contributed by atoms with van der Waals surface area (Å²) in [5.41, 5.74) is 1.13. The summed E-state index contributed by atoms with van der Waals surface area (Å²) >= 11 is 0. The summed E-state index contributed by atoms with van der Waals surface area (Å²) < 4.78 is 10.2.